The van der Waals surface area contributed by atoms with Crippen molar-refractivity contribution in [3.63, 3.8) is 0 Å². The molecule has 1 heterocycles. The molecule has 1 aliphatic heterocycles. The molecule has 1 aromatic carbocycles. The molecule has 2 aliphatic rings. The second-order valence-electron chi connectivity index (χ2n) is 6.77. The summed E-state index contributed by atoms with van der Waals surface area (Å²) in [5.41, 5.74) is 6.07. The lowest BCUT2D eigenvalue weighted by Crippen LogP contribution is -2.36. The van der Waals surface area contributed by atoms with E-state index in [1.165, 1.54) is 68.3 Å². The number of fused-ring (bicyclic) bond motifs is 2. The van der Waals surface area contributed by atoms with Crippen molar-refractivity contribution >= 4 is 5.69 Å². The van der Waals surface area contributed by atoms with E-state index in [9.17, 15) is 0 Å². The minimum atomic E-state index is 0.236. The van der Waals surface area contributed by atoms with Gasteiger partial charge in [0.05, 0.1) is 0 Å². The molecular formula is C21H29N. The molecule has 118 valence electrons. The van der Waals surface area contributed by atoms with Crippen LogP contribution in [0, 0.1) is 0 Å². The molecule has 1 nitrogen and oxygen atoms in total. The highest BCUT2D eigenvalue weighted by molar-refractivity contribution is 5.70. The molecule has 0 aromatic heterocycles. The highest BCUT2D eigenvalue weighted by Crippen LogP contribution is 2.51. The van der Waals surface area contributed by atoms with E-state index in [0.29, 0.717) is 0 Å². The van der Waals surface area contributed by atoms with Crippen LogP contribution in [0.15, 0.2) is 47.7 Å². The van der Waals surface area contributed by atoms with E-state index in [-0.39, 0.29) is 5.41 Å². The molecule has 0 amide bonds. The molecule has 0 saturated carbocycles. The largest absolute Gasteiger partial charge is 0.355 e. The fourth-order valence-corrected chi connectivity index (χ4v) is 4.17. The van der Waals surface area contributed by atoms with E-state index >= 15 is 0 Å². The summed E-state index contributed by atoms with van der Waals surface area (Å²) in [6.45, 7) is 4.62. The van der Waals surface area contributed by atoms with Crippen LogP contribution >= 0.6 is 0 Å². The third kappa shape index (κ3) is 2.62. The first-order valence-corrected chi connectivity index (χ1v) is 9.09. The van der Waals surface area contributed by atoms with E-state index in [4.69, 9.17) is 0 Å². The molecule has 0 radical (unpaired) electrons. The third-order valence-corrected chi connectivity index (χ3v) is 5.30. The first-order chi connectivity index (χ1) is 10.8. The summed E-state index contributed by atoms with van der Waals surface area (Å²) in [7, 11) is 0. The number of para-hydroxylation sites is 1. The highest BCUT2D eigenvalue weighted by atomic mass is 14.9. The number of nitrogens with one attached hydrogen (secondary N) is 1. The molecule has 1 aliphatic carbocycles. The Hall–Kier alpha value is -1.50. The van der Waals surface area contributed by atoms with Gasteiger partial charge in [0, 0.05) is 16.8 Å². The fourth-order valence-electron chi connectivity index (χ4n) is 4.17. The summed E-state index contributed by atoms with van der Waals surface area (Å²) in [4.78, 5) is 0. The molecule has 0 unspecified atom stereocenters. The Labute approximate surface area is 135 Å². The highest BCUT2D eigenvalue weighted by Gasteiger charge is 2.41. The van der Waals surface area contributed by atoms with Gasteiger partial charge in [-0.2, -0.15) is 0 Å². The molecule has 1 N–H and O–H groups in total. The molecule has 0 fully saturated rings. The quantitative estimate of drug-likeness (QED) is 0.646. The van der Waals surface area contributed by atoms with Crippen molar-refractivity contribution in [2.75, 3.05) is 5.32 Å². The second kappa shape index (κ2) is 6.73. The number of hydrogen-bond donors (Lipinski definition) is 1. The first-order valence-electron chi connectivity index (χ1n) is 9.09. The summed E-state index contributed by atoms with van der Waals surface area (Å²) in [6, 6.07) is 8.99. The molecule has 1 heteroatoms. The second-order valence-corrected chi connectivity index (χ2v) is 6.77. The van der Waals surface area contributed by atoms with Crippen LogP contribution in [-0.2, 0) is 5.41 Å². The Morgan fingerprint density at radius 3 is 2.36 bits per heavy atom. The van der Waals surface area contributed by atoms with Crippen molar-refractivity contribution in [1.29, 1.82) is 0 Å². The zero-order valence-corrected chi connectivity index (χ0v) is 14.1. The zero-order valence-electron chi connectivity index (χ0n) is 14.1. The van der Waals surface area contributed by atoms with Crippen LogP contribution in [0.3, 0.4) is 0 Å². The zero-order chi connectivity index (χ0) is 15.4. The average molecular weight is 295 g/mol. The van der Waals surface area contributed by atoms with Crippen molar-refractivity contribution in [3.05, 3.63) is 53.3 Å². The summed E-state index contributed by atoms with van der Waals surface area (Å²) in [5, 5.41) is 3.70. The van der Waals surface area contributed by atoms with Crippen molar-refractivity contribution < 1.29 is 0 Å². The van der Waals surface area contributed by atoms with Gasteiger partial charge in [-0.1, -0.05) is 69.9 Å². The lowest BCUT2D eigenvalue weighted by Gasteiger charge is -2.44. The summed E-state index contributed by atoms with van der Waals surface area (Å²) < 4.78 is 0. The van der Waals surface area contributed by atoms with E-state index in [0.717, 1.165) is 0 Å². The van der Waals surface area contributed by atoms with Crippen LogP contribution in [0.25, 0.3) is 0 Å². The predicted octanol–water partition coefficient (Wildman–Crippen LogP) is 6.33. The Kier molecular flexibility index (Phi) is 4.71. The predicted molar refractivity (Wildman–Crippen MR) is 96.2 cm³/mol. The van der Waals surface area contributed by atoms with Gasteiger partial charge in [0.15, 0.2) is 0 Å². The molecular weight excluding hydrogens is 266 g/mol. The maximum absolute atomic E-state index is 3.70. The van der Waals surface area contributed by atoms with Gasteiger partial charge in [-0.25, -0.2) is 0 Å². The monoisotopic (exact) mass is 295 g/mol. The van der Waals surface area contributed by atoms with Crippen LogP contribution in [0.4, 0.5) is 5.69 Å². The maximum Gasteiger partial charge on any atom is 0.0425 e. The number of anilines is 1. The number of rotatable bonds is 6. The standard InChI is InChI=1S/C21H29N/c1-3-5-15-21(16-6-4-2)17-11-7-9-13-19(17)22-20-14-10-8-12-18(20)21/h7,9,11-14,22H,3-6,8,10,15-16H2,1-2H3. The SMILES string of the molecule is CCCCC1(CCCC)C2=CCCC=C2Nc2ccccc21. The maximum atomic E-state index is 3.70. The van der Waals surface area contributed by atoms with Crippen molar-refractivity contribution in [2.45, 2.75) is 70.6 Å². The van der Waals surface area contributed by atoms with Gasteiger partial charge in [-0.15, -0.1) is 0 Å². The molecule has 1 aromatic rings. The summed E-state index contributed by atoms with van der Waals surface area (Å²) in [6.07, 6.45) is 15.0. The van der Waals surface area contributed by atoms with Gasteiger partial charge < -0.3 is 5.32 Å². The van der Waals surface area contributed by atoms with Gasteiger partial charge in [-0.3, -0.25) is 0 Å². The molecule has 0 spiro atoms. The molecule has 0 saturated heterocycles. The van der Waals surface area contributed by atoms with Crippen molar-refractivity contribution in [2.24, 2.45) is 0 Å². The van der Waals surface area contributed by atoms with E-state index in [1.807, 2.05) is 0 Å². The summed E-state index contributed by atoms with van der Waals surface area (Å²) in [5.74, 6) is 0. The number of hydrogen-bond acceptors (Lipinski definition) is 1. The van der Waals surface area contributed by atoms with E-state index in [2.05, 4.69) is 55.6 Å². The lowest BCUT2D eigenvalue weighted by molar-refractivity contribution is 0.396. The number of benzene rings is 1. The normalized spacial score (nSPS) is 18.6. The average Bonchev–Trinajstić information content (AvgIpc) is 2.57. The van der Waals surface area contributed by atoms with Crippen molar-refractivity contribution in [3.8, 4) is 0 Å². The fraction of sp³-hybridized carbons (Fsp3) is 0.524. The molecule has 22 heavy (non-hydrogen) atoms. The van der Waals surface area contributed by atoms with Gasteiger partial charge in [0.25, 0.3) is 0 Å². The Bertz CT molecular complexity index is 571. The minimum absolute atomic E-state index is 0.236. The van der Waals surface area contributed by atoms with Crippen LogP contribution in [0.1, 0.15) is 70.8 Å². The lowest BCUT2D eigenvalue weighted by atomic mass is 9.63. The van der Waals surface area contributed by atoms with Gasteiger partial charge >= 0.3 is 0 Å². The minimum Gasteiger partial charge on any atom is -0.355 e. The van der Waals surface area contributed by atoms with Crippen molar-refractivity contribution in [1.82, 2.24) is 0 Å². The Morgan fingerprint density at radius 1 is 0.955 bits per heavy atom. The van der Waals surface area contributed by atoms with Crippen LogP contribution in [0.5, 0.6) is 0 Å². The number of unbranched alkanes of at least 4 members (excludes halogenated alkanes) is 2. The Morgan fingerprint density at radius 2 is 1.64 bits per heavy atom. The van der Waals surface area contributed by atoms with Gasteiger partial charge in [0.1, 0.15) is 0 Å². The molecule has 0 bridgehead atoms. The summed E-state index contributed by atoms with van der Waals surface area (Å²) >= 11 is 0. The van der Waals surface area contributed by atoms with Crippen LogP contribution < -0.4 is 5.32 Å². The van der Waals surface area contributed by atoms with Crippen LogP contribution in [-0.4, -0.2) is 0 Å². The topological polar surface area (TPSA) is 12.0 Å². The smallest absolute Gasteiger partial charge is 0.0425 e. The molecule has 0 atom stereocenters. The number of allylic oxidation sites excluding steroid dienone is 3. The Balaban J connectivity index is 2.12. The van der Waals surface area contributed by atoms with Crippen LogP contribution in [0.2, 0.25) is 0 Å². The van der Waals surface area contributed by atoms with Gasteiger partial charge in [0.2, 0.25) is 0 Å². The van der Waals surface area contributed by atoms with E-state index in [1.54, 1.807) is 5.57 Å². The van der Waals surface area contributed by atoms with Gasteiger partial charge in [-0.05, 0) is 42.9 Å². The van der Waals surface area contributed by atoms with E-state index < -0.39 is 0 Å². The molecule has 3 rings (SSSR count). The third-order valence-electron chi connectivity index (χ3n) is 5.30. The first kappa shape index (κ1) is 15.4.